The molecule has 0 N–H and O–H groups in total. The van der Waals surface area contributed by atoms with E-state index < -0.39 is 9.66 Å². The third-order valence-electron chi connectivity index (χ3n) is 2.91. The first kappa shape index (κ1) is 16.4. The Kier molecular flexibility index (Phi) is 7.39. The number of hydrogen-bond acceptors (Lipinski definition) is 0. The number of halogens is 4. The van der Waals surface area contributed by atoms with Gasteiger partial charge in [0, 0.05) is 0 Å². The van der Waals surface area contributed by atoms with Crippen LogP contribution in [0.3, 0.4) is 0 Å². The van der Waals surface area contributed by atoms with Gasteiger partial charge >= 0.3 is 0 Å². The Bertz CT molecular complexity index is 164. The van der Waals surface area contributed by atoms with Crippen molar-refractivity contribution in [1.29, 1.82) is 0 Å². The van der Waals surface area contributed by atoms with Crippen LogP contribution in [0.4, 0.5) is 0 Å². The summed E-state index contributed by atoms with van der Waals surface area (Å²) in [6.45, 7) is 9.19. The first-order valence-electron chi connectivity index (χ1n) is 4.97. The molecule has 0 aromatic heterocycles. The van der Waals surface area contributed by atoms with Gasteiger partial charge < -0.3 is 0 Å². The fraction of sp³-hybridized carbons (Fsp3) is 1.00. The van der Waals surface area contributed by atoms with Crippen LogP contribution in [0.5, 0.6) is 0 Å². The SMILES string of the molecule is CCC(C)[Si](Br)(Br)[Si](Br)(Br)C(C)CC. The quantitative estimate of drug-likeness (QED) is 0.322. The van der Waals surface area contributed by atoms with Gasteiger partial charge in [-0.25, -0.2) is 0 Å². The highest BCUT2D eigenvalue weighted by atomic mass is 79.9. The molecule has 0 aliphatic rings. The minimum atomic E-state index is -1.52. The molecule has 0 saturated carbocycles. The zero-order valence-electron chi connectivity index (χ0n) is 9.08. The maximum absolute atomic E-state index is 3.99. The second-order valence-electron chi connectivity index (χ2n) is 3.86. The molecule has 0 aliphatic heterocycles. The normalized spacial score (nSPS) is 18.0. The summed E-state index contributed by atoms with van der Waals surface area (Å²) in [5.74, 6) is 0. The Morgan fingerprint density at radius 1 is 0.786 bits per heavy atom. The van der Waals surface area contributed by atoms with Gasteiger partial charge in [-0.2, -0.15) is 0 Å². The van der Waals surface area contributed by atoms with Crippen molar-refractivity contribution in [3.8, 4) is 0 Å². The first-order chi connectivity index (χ1) is 6.21. The van der Waals surface area contributed by atoms with E-state index in [1.807, 2.05) is 0 Å². The average molecular weight is 490 g/mol. The van der Waals surface area contributed by atoms with Crippen molar-refractivity contribution in [2.75, 3.05) is 0 Å². The van der Waals surface area contributed by atoms with Crippen LogP contribution in [0.25, 0.3) is 0 Å². The van der Waals surface area contributed by atoms with Gasteiger partial charge in [-0.15, -0.1) is 61.2 Å². The highest BCUT2D eigenvalue weighted by Crippen LogP contribution is 2.54. The molecule has 0 radical (unpaired) electrons. The van der Waals surface area contributed by atoms with E-state index in [0.29, 0.717) is 0 Å². The molecule has 0 heterocycles. The summed E-state index contributed by atoms with van der Waals surface area (Å²) < 4.78 is 0. The highest BCUT2D eigenvalue weighted by Gasteiger charge is 2.55. The lowest BCUT2D eigenvalue weighted by atomic mass is 10.4. The van der Waals surface area contributed by atoms with Crippen molar-refractivity contribution in [3.63, 3.8) is 0 Å². The second kappa shape index (κ2) is 6.33. The Morgan fingerprint density at radius 3 is 1.14 bits per heavy atom. The molecule has 6 heteroatoms. The molecule has 14 heavy (non-hydrogen) atoms. The molecule has 0 aromatic rings. The topological polar surface area (TPSA) is 0 Å². The Balaban J connectivity index is 4.85. The maximum atomic E-state index is 3.99. The van der Waals surface area contributed by atoms with Crippen LogP contribution in [0.1, 0.15) is 40.5 Å². The number of hydrogen-bond donors (Lipinski definition) is 0. The van der Waals surface area contributed by atoms with E-state index in [4.69, 9.17) is 0 Å². The Labute approximate surface area is 121 Å². The van der Waals surface area contributed by atoms with Gasteiger partial charge in [-0.3, -0.25) is 0 Å². The highest BCUT2D eigenvalue weighted by molar-refractivity contribution is 9.66. The van der Waals surface area contributed by atoms with Crippen LogP contribution in [-0.4, -0.2) is 9.66 Å². The molecule has 2 unspecified atom stereocenters. The van der Waals surface area contributed by atoms with Crippen LogP contribution in [0, 0.1) is 0 Å². The molecule has 0 rings (SSSR count). The van der Waals surface area contributed by atoms with Gasteiger partial charge in [0.05, 0.1) is 0 Å². The lowest BCUT2D eigenvalue weighted by Crippen LogP contribution is -2.50. The maximum Gasteiger partial charge on any atom is 0.218 e. The lowest BCUT2D eigenvalue weighted by Gasteiger charge is -2.38. The van der Waals surface area contributed by atoms with Crippen molar-refractivity contribution >= 4 is 70.8 Å². The van der Waals surface area contributed by atoms with E-state index in [1.54, 1.807) is 0 Å². The lowest BCUT2D eigenvalue weighted by molar-refractivity contribution is 0.855. The fourth-order valence-corrected chi connectivity index (χ4v) is 26.6. The summed E-state index contributed by atoms with van der Waals surface area (Å²) in [4.78, 5) is -3.04. The molecule has 0 aliphatic carbocycles. The van der Waals surface area contributed by atoms with Gasteiger partial charge in [-0.1, -0.05) is 40.5 Å². The van der Waals surface area contributed by atoms with Crippen LogP contribution in [-0.2, 0) is 0 Å². The molecular formula is C8H18Br4Si2. The molecule has 0 spiro atoms. The van der Waals surface area contributed by atoms with E-state index in [2.05, 4.69) is 88.9 Å². The minimum Gasteiger partial charge on any atom is -0.112 e. The Morgan fingerprint density at radius 2 is 1.00 bits per heavy atom. The predicted molar refractivity (Wildman–Crippen MR) is 86.6 cm³/mol. The predicted octanol–water partition coefficient (Wildman–Crippen LogP) is 6.13. The van der Waals surface area contributed by atoms with Crippen LogP contribution < -0.4 is 0 Å². The summed E-state index contributed by atoms with van der Waals surface area (Å²) >= 11 is 16.0. The van der Waals surface area contributed by atoms with Gasteiger partial charge in [0.2, 0.25) is 9.66 Å². The molecule has 0 fully saturated rings. The van der Waals surface area contributed by atoms with E-state index in [0.717, 1.165) is 11.1 Å². The van der Waals surface area contributed by atoms with Gasteiger partial charge in [-0.05, 0) is 11.1 Å². The zero-order valence-corrected chi connectivity index (χ0v) is 17.4. The van der Waals surface area contributed by atoms with Crippen molar-refractivity contribution in [1.82, 2.24) is 0 Å². The summed E-state index contributed by atoms with van der Waals surface area (Å²) in [6, 6.07) is 0. The largest absolute Gasteiger partial charge is 0.218 e. The molecule has 2 atom stereocenters. The monoisotopic (exact) mass is 486 g/mol. The van der Waals surface area contributed by atoms with Gasteiger partial charge in [0.25, 0.3) is 0 Å². The smallest absolute Gasteiger partial charge is 0.112 e. The molecule has 0 aromatic carbocycles. The fourth-order valence-electron chi connectivity index (χ4n) is 1.17. The first-order valence-corrected chi connectivity index (χ1v) is 19.2. The van der Waals surface area contributed by atoms with E-state index in [1.165, 1.54) is 12.8 Å². The second-order valence-corrected chi connectivity index (χ2v) is 43.2. The third-order valence-corrected chi connectivity index (χ3v) is 63.8. The van der Waals surface area contributed by atoms with Crippen molar-refractivity contribution < 1.29 is 0 Å². The van der Waals surface area contributed by atoms with Crippen molar-refractivity contribution in [3.05, 3.63) is 0 Å². The molecule has 0 amide bonds. The van der Waals surface area contributed by atoms with E-state index >= 15 is 0 Å². The van der Waals surface area contributed by atoms with Gasteiger partial charge in [0.15, 0.2) is 0 Å². The molecule has 86 valence electrons. The molecule has 0 nitrogen and oxygen atoms in total. The standard InChI is InChI=1S/C8H18Br4Si2/c1-5-7(3)13(9,10)14(11,12)8(4)6-2/h7-8H,5-6H2,1-4H3. The van der Waals surface area contributed by atoms with Crippen LogP contribution in [0.2, 0.25) is 11.1 Å². The molecule has 0 bridgehead atoms. The van der Waals surface area contributed by atoms with Crippen molar-refractivity contribution in [2.24, 2.45) is 0 Å². The van der Waals surface area contributed by atoms with Gasteiger partial charge in [0.1, 0.15) is 0 Å². The average Bonchev–Trinajstić information content (AvgIpc) is 2.14. The van der Waals surface area contributed by atoms with Crippen LogP contribution >= 0.6 is 61.2 Å². The summed E-state index contributed by atoms with van der Waals surface area (Å²) in [5.41, 5.74) is 1.48. The van der Waals surface area contributed by atoms with E-state index in [9.17, 15) is 0 Å². The number of rotatable bonds is 5. The third kappa shape index (κ3) is 3.42. The van der Waals surface area contributed by atoms with E-state index in [-0.39, 0.29) is 0 Å². The molecular weight excluding hydrogens is 472 g/mol. The minimum absolute atomic E-state index is 0.738. The Hall–Kier alpha value is 2.35. The summed E-state index contributed by atoms with van der Waals surface area (Å²) in [6.07, 6.45) is 2.45. The molecule has 0 saturated heterocycles. The van der Waals surface area contributed by atoms with Crippen LogP contribution in [0.15, 0.2) is 0 Å². The zero-order chi connectivity index (χ0) is 11.6. The summed E-state index contributed by atoms with van der Waals surface area (Å²) in [5, 5.41) is 0. The summed E-state index contributed by atoms with van der Waals surface area (Å²) in [7, 11) is 0. The van der Waals surface area contributed by atoms with Crippen molar-refractivity contribution in [2.45, 2.75) is 51.6 Å².